The number of hydrogen-bond acceptors (Lipinski definition) is 3. The van der Waals surface area contributed by atoms with E-state index in [0.717, 1.165) is 16.6 Å². The van der Waals surface area contributed by atoms with E-state index in [1.54, 1.807) is 18.1 Å². The Morgan fingerprint density at radius 1 is 1.00 bits per heavy atom. The first-order valence-corrected chi connectivity index (χ1v) is 8.28. The molecule has 0 bridgehead atoms. The Hall–Kier alpha value is -2.07. The van der Waals surface area contributed by atoms with Crippen molar-refractivity contribution in [2.45, 2.75) is 31.7 Å². The Kier molecular flexibility index (Phi) is 4.29. The number of thioether (sulfide) groups is 1. The van der Waals surface area contributed by atoms with Crippen molar-refractivity contribution in [1.29, 1.82) is 0 Å². The monoisotopic (exact) mass is 309 g/mol. The van der Waals surface area contributed by atoms with Gasteiger partial charge in [0, 0.05) is 5.75 Å². The molecule has 0 aliphatic heterocycles. The summed E-state index contributed by atoms with van der Waals surface area (Å²) in [6.07, 6.45) is 1.79. The quantitative estimate of drug-likeness (QED) is 0.666. The van der Waals surface area contributed by atoms with E-state index >= 15 is 0 Å². The molecule has 112 valence electrons. The Bertz CT molecular complexity index is 793. The zero-order valence-electron chi connectivity index (χ0n) is 13.1. The van der Waals surface area contributed by atoms with Crippen LogP contribution in [0.2, 0.25) is 0 Å². The van der Waals surface area contributed by atoms with Crippen LogP contribution in [0.5, 0.6) is 0 Å². The second-order valence-corrected chi connectivity index (χ2v) is 6.43. The lowest BCUT2D eigenvalue weighted by atomic mass is 10.1. The van der Waals surface area contributed by atoms with Gasteiger partial charge in [0.05, 0.1) is 5.69 Å². The predicted molar refractivity (Wildman–Crippen MR) is 91.6 cm³/mol. The summed E-state index contributed by atoms with van der Waals surface area (Å²) in [7, 11) is 0. The van der Waals surface area contributed by atoms with Crippen LogP contribution in [0.25, 0.3) is 5.69 Å². The maximum Gasteiger partial charge on any atom is 0.195 e. The lowest BCUT2D eigenvalue weighted by Crippen LogP contribution is -1.98. The van der Waals surface area contributed by atoms with E-state index in [1.807, 2.05) is 0 Å². The van der Waals surface area contributed by atoms with Crippen LogP contribution in [-0.2, 0) is 5.75 Å². The molecule has 0 spiro atoms. The molecular weight excluding hydrogens is 290 g/mol. The molecular formula is C18H19N3S. The van der Waals surface area contributed by atoms with Crippen LogP contribution >= 0.6 is 11.8 Å². The smallest absolute Gasteiger partial charge is 0.195 e. The summed E-state index contributed by atoms with van der Waals surface area (Å²) in [6, 6.07) is 14.9. The predicted octanol–water partition coefficient (Wildman–Crippen LogP) is 4.48. The summed E-state index contributed by atoms with van der Waals surface area (Å²) in [5.74, 6) is 0.899. The van der Waals surface area contributed by atoms with Crippen molar-refractivity contribution in [3.8, 4) is 5.69 Å². The molecule has 0 N–H and O–H groups in total. The molecule has 0 atom stereocenters. The largest absolute Gasteiger partial charge is 0.276 e. The minimum Gasteiger partial charge on any atom is -0.276 e. The molecule has 0 aliphatic rings. The third-order valence-electron chi connectivity index (χ3n) is 3.75. The van der Waals surface area contributed by atoms with Gasteiger partial charge in [-0.2, -0.15) is 0 Å². The molecule has 3 aromatic rings. The third kappa shape index (κ3) is 3.07. The van der Waals surface area contributed by atoms with E-state index < -0.39 is 0 Å². The first-order chi connectivity index (χ1) is 10.6. The van der Waals surface area contributed by atoms with Gasteiger partial charge in [0.2, 0.25) is 0 Å². The number of hydrogen-bond donors (Lipinski definition) is 0. The van der Waals surface area contributed by atoms with Crippen molar-refractivity contribution in [3.63, 3.8) is 0 Å². The molecule has 0 saturated carbocycles. The maximum atomic E-state index is 4.28. The maximum absolute atomic E-state index is 4.28. The average molecular weight is 309 g/mol. The van der Waals surface area contributed by atoms with E-state index in [0.29, 0.717) is 0 Å². The fourth-order valence-electron chi connectivity index (χ4n) is 2.48. The lowest BCUT2D eigenvalue weighted by Gasteiger charge is -2.10. The number of aromatic nitrogens is 3. The molecule has 3 nitrogen and oxygen atoms in total. The zero-order valence-corrected chi connectivity index (χ0v) is 13.9. The highest BCUT2D eigenvalue weighted by molar-refractivity contribution is 7.98. The molecule has 0 saturated heterocycles. The number of rotatable bonds is 4. The average Bonchev–Trinajstić information content (AvgIpc) is 2.95. The Morgan fingerprint density at radius 2 is 1.82 bits per heavy atom. The van der Waals surface area contributed by atoms with Crippen LogP contribution < -0.4 is 0 Å². The lowest BCUT2D eigenvalue weighted by molar-refractivity contribution is 0.877. The molecule has 1 aromatic heterocycles. The summed E-state index contributed by atoms with van der Waals surface area (Å²) < 4.78 is 2.07. The van der Waals surface area contributed by atoms with Crippen molar-refractivity contribution in [1.82, 2.24) is 14.8 Å². The van der Waals surface area contributed by atoms with E-state index in [4.69, 9.17) is 0 Å². The van der Waals surface area contributed by atoms with Gasteiger partial charge in [-0.05, 0) is 43.5 Å². The van der Waals surface area contributed by atoms with E-state index in [1.165, 1.54) is 22.3 Å². The fourth-order valence-corrected chi connectivity index (χ4v) is 3.48. The first kappa shape index (κ1) is 14.9. The van der Waals surface area contributed by atoms with Crippen molar-refractivity contribution in [2.75, 3.05) is 0 Å². The second-order valence-electron chi connectivity index (χ2n) is 5.49. The topological polar surface area (TPSA) is 30.7 Å². The van der Waals surface area contributed by atoms with Gasteiger partial charge >= 0.3 is 0 Å². The van der Waals surface area contributed by atoms with Crippen LogP contribution in [-0.4, -0.2) is 14.8 Å². The Labute approximate surface area is 135 Å². The summed E-state index contributed by atoms with van der Waals surface area (Å²) >= 11 is 1.72. The van der Waals surface area contributed by atoms with Crippen LogP contribution in [0, 0.1) is 20.8 Å². The third-order valence-corrected chi connectivity index (χ3v) is 4.74. The van der Waals surface area contributed by atoms with Crippen molar-refractivity contribution in [3.05, 3.63) is 71.0 Å². The van der Waals surface area contributed by atoms with Crippen LogP contribution in [0.3, 0.4) is 0 Å². The highest BCUT2D eigenvalue weighted by atomic mass is 32.2. The minimum absolute atomic E-state index is 0.899. The SMILES string of the molecule is Cc1ccc(-n2cnnc2SCc2ccccc2C)c(C)c1. The number of aryl methyl sites for hydroxylation is 3. The minimum atomic E-state index is 0.899. The highest BCUT2D eigenvalue weighted by Gasteiger charge is 2.10. The van der Waals surface area contributed by atoms with Gasteiger partial charge in [0.15, 0.2) is 5.16 Å². The standard InChI is InChI=1S/C18H19N3S/c1-13-8-9-17(15(3)10-13)21-12-19-20-18(21)22-11-16-7-5-4-6-14(16)2/h4-10,12H,11H2,1-3H3. The zero-order chi connectivity index (χ0) is 15.5. The number of benzene rings is 2. The van der Waals surface area contributed by atoms with Gasteiger partial charge in [-0.25, -0.2) is 0 Å². The van der Waals surface area contributed by atoms with Crippen molar-refractivity contribution < 1.29 is 0 Å². The molecule has 1 heterocycles. The summed E-state index contributed by atoms with van der Waals surface area (Å²) in [6.45, 7) is 6.37. The number of nitrogens with zero attached hydrogens (tertiary/aromatic N) is 3. The summed E-state index contributed by atoms with van der Waals surface area (Å²) in [5, 5.41) is 9.29. The van der Waals surface area contributed by atoms with Crippen molar-refractivity contribution in [2.24, 2.45) is 0 Å². The molecule has 0 fully saturated rings. The molecule has 0 aliphatic carbocycles. The molecule has 0 radical (unpaired) electrons. The molecule has 3 rings (SSSR count). The van der Waals surface area contributed by atoms with Gasteiger partial charge in [-0.3, -0.25) is 4.57 Å². The fraction of sp³-hybridized carbons (Fsp3) is 0.222. The highest BCUT2D eigenvalue weighted by Crippen LogP contribution is 2.26. The van der Waals surface area contributed by atoms with Gasteiger partial charge in [0.1, 0.15) is 6.33 Å². The Morgan fingerprint density at radius 3 is 2.59 bits per heavy atom. The van der Waals surface area contributed by atoms with Crippen LogP contribution in [0.1, 0.15) is 22.3 Å². The molecule has 22 heavy (non-hydrogen) atoms. The van der Waals surface area contributed by atoms with Gasteiger partial charge in [-0.15, -0.1) is 10.2 Å². The summed E-state index contributed by atoms with van der Waals surface area (Å²) in [4.78, 5) is 0. The van der Waals surface area contributed by atoms with Crippen LogP contribution in [0.15, 0.2) is 53.9 Å². The van der Waals surface area contributed by atoms with Crippen molar-refractivity contribution >= 4 is 11.8 Å². The second kappa shape index (κ2) is 6.36. The van der Waals surface area contributed by atoms with E-state index in [9.17, 15) is 0 Å². The van der Waals surface area contributed by atoms with Gasteiger partial charge < -0.3 is 0 Å². The van der Waals surface area contributed by atoms with Gasteiger partial charge in [-0.1, -0.05) is 53.7 Å². The first-order valence-electron chi connectivity index (χ1n) is 7.30. The normalized spacial score (nSPS) is 10.9. The van der Waals surface area contributed by atoms with Crippen LogP contribution in [0.4, 0.5) is 0 Å². The summed E-state index contributed by atoms with van der Waals surface area (Å²) in [5.41, 5.74) is 6.29. The molecule has 0 unspecified atom stereocenters. The van der Waals surface area contributed by atoms with E-state index in [-0.39, 0.29) is 0 Å². The molecule has 4 heteroatoms. The Balaban J connectivity index is 1.85. The molecule has 2 aromatic carbocycles. The molecule has 0 amide bonds. The van der Waals surface area contributed by atoms with E-state index in [2.05, 4.69) is 78.0 Å². The van der Waals surface area contributed by atoms with Gasteiger partial charge in [0.25, 0.3) is 0 Å².